The molecule has 0 aliphatic carbocycles. The number of aromatic hydroxyl groups is 1. The molecule has 230 valence electrons. The number of nitrogens with two attached hydrogens (primary N) is 1. The highest BCUT2D eigenvalue weighted by Crippen LogP contribution is 2.45. The van der Waals surface area contributed by atoms with Crippen LogP contribution in [0.15, 0.2) is 55.2 Å². The van der Waals surface area contributed by atoms with Gasteiger partial charge in [0.15, 0.2) is 9.84 Å². The second-order valence-corrected chi connectivity index (χ2v) is 13.2. The number of rotatable bonds is 13. The molecule has 18 nitrogen and oxygen atoms in total. The van der Waals surface area contributed by atoms with E-state index in [0.29, 0.717) is 12.0 Å². The highest BCUT2D eigenvalue weighted by molar-refractivity contribution is 7.94. The van der Waals surface area contributed by atoms with Crippen LogP contribution in [0.3, 0.4) is 0 Å². The highest BCUT2D eigenvalue weighted by atomic mass is 32.3. The first-order valence-electron chi connectivity index (χ1n) is 10.8. The Hall–Kier alpha value is -3.32. The number of hydrogen-bond donors (Lipinski definition) is 5. The summed E-state index contributed by atoms with van der Waals surface area (Å²) < 4.78 is 109. The molecule has 0 amide bonds. The zero-order chi connectivity index (χ0) is 31.5. The fourth-order valence-corrected chi connectivity index (χ4v) is 6.30. The van der Waals surface area contributed by atoms with Crippen LogP contribution in [0.4, 0.5) is 17.1 Å². The van der Waals surface area contributed by atoms with E-state index in [1.807, 2.05) is 0 Å². The molecule has 0 aliphatic heterocycles. The van der Waals surface area contributed by atoms with Crippen molar-refractivity contribution in [3.8, 4) is 17.2 Å². The molecule has 0 aromatic heterocycles. The number of phenolic OH excluding ortho intramolecular Hbond substituents is 1. The maximum Gasteiger partial charge on any atom is 0.397 e. The van der Waals surface area contributed by atoms with E-state index in [9.17, 15) is 34.9 Å². The number of azo groups is 1. The molecule has 0 radical (unpaired) electrons. The summed E-state index contributed by atoms with van der Waals surface area (Å²) in [4.78, 5) is -1.15. The van der Waals surface area contributed by atoms with Crippen molar-refractivity contribution in [3.63, 3.8) is 0 Å². The number of methoxy groups -OCH3 is 2. The Morgan fingerprint density at radius 1 is 0.905 bits per heavy atom. The summed E-state index contributed by atoms with van der Waals surface area (Å²) in [6.45, 7) is -0.914. The zero-order valence-electron chi connectivity index (χ0n) is 21.2. The maximum absolute atomic E-state index is 12.8. The molecule has 0 atom stereocenters. The number of phenols is 1. The quantitative estimate of drug-likeness (QED) is 0.0436. The second kappa shape index (κ2) is 12.9. The van der Waals surface area contributed by atoms with Crippen LogP contribution in [0.1, 0.15) is 0 Å². The first kappa shape index (κ1) is 33.2. The molecular weight excluding hydrogens is 650 g/mol. The van der Waals surface area contributed by atoms with Gasteiger partial charge in [-0.3, -0.25) is 9.11 Å². The van der Waals surface area contributed by atoms with Crippen LogP contribution in [0.5, 0.6) is 17.2 Å². The molecular formula is C20H21N3O15S4. The molecule has 0 unspecified atom stereocenters. The van der Waals surface area contributed by atoms with Crippen molar-refractivity contribution in [2.24, 2.45) is 10.2 Å². The smallest absolute Gasteiger partial charge is 0.397 e. The van der Waals surface area contributed by atoms with Gasteiger partial charge in [-0.15, -0.1) is 14.6 Å². The van der Waals surface area contributed by atoms with E-state index in [2.05, 4.69) is 23.8 Å². The van der Waals surface area contributed by atoms with Crippen molar-refractivity contribution in [3.05, 3.63) is 30.3 Å². The molecule has 0 bridgehead atoms. The van der Waals surface area contributed by atoms with Crippen LogP contribution in [-0.2, 0) is 43.9 Å². The normalized spacial score (nSPS) is 12.7. The van der Waals surface area contributed by atoms with E-state index in [1.165, 1.54) is 6.07 Å². The number of hydrogen-bond acceptors (Lipinski definition) is 17. The Kier molecular flexibility index (Phi) is 10.2. The topological polar surface area (TPSA) is 280 Å². The van der Waals surface area contributed by atoms with E-state index in [4.69, 9.17) is 25.0 Å². The third-order valence-corrected chi connectivity index (χ3v) is 8.83. The van der Waals surface area contributed by atoms with Gasteiger partial charge in [-0.2, -0.15) is 16.8 Å². The maximum atomic E-state index is 12.8. The lowest BCUT2D eigenvalue weighted by atomic mass is 10.1. The van der Waals surface area contributed by atoms with Crippen LogP contribution in [0.25, 0.3) is 10.8 Å². The molecule has 0 aliphatic rings. The summed E-state index contributed by atoms with van der Waals surface area (Å²) in [5, 5.41) is 30.0. The standard InChI is InChI=1S/C20H21N3O15S4/c1-34-14-9-16(40(26,27)4-3-36-42(31,32)33)15(35-2)8-12(14)22-23-20-17(41(28,29)30)6-10-5-11(39-38-37-25)7-13(24)18(10)19(20)21/h5-9,24-25H,3-4,21H2,1-2H3,(H,28,29,30)(H,31,32,33). The van der Waals surface area contributed by atoms with Gasteiger partial charge in [-0.1, -0.05) is 5.04 Å². The Balaban J connectivity index is 2.15. The number of fused-ring (bicyclic) bond motifs is 1. The fourth-order valence-electron chi connectivity index (χ4n) is 3.53. The number of anilines is 1. The van der Waals surface area contributed by atoms with E-state index >= 15 is 0 Å². The lowest BCUT2D eigenvalue weighted by Gasteiger charge is -2.14. The van der Waals surface area contributed by atoms with Crippen LogP contribution in [0, 0.1) is 0 Å². The average Bonchev–Trinajstić information content (AvgIpc) is 2.88. The van der Waals surface area contributed by atoms with Crippen molar-refractivity contribution in [2.45, 2.75) is 14.7 Å². The minimum atomic E-state index is -4.99. The van der Waals surface area contributed by atoms with Crippen LogP contribution in [0.2, 0.25) is 0 Å². The first-order valence-corrected chi connectivity index (χ1v) is 16.0. The summed E-state index contributed by atoms with van der Waals surface area (Å²) in [7, 11) is -11.9. The van der Waals surface area contributed by atoms with Gasteiger partial charge in [-0.25, -0.2) is 17.9 Å². The van der Waals surface area contributed by atoms with E-state index in [1.54, 1.807) is 0 Å². The summed E-state index contributed by atoms with van der Waals surface area (Å²) in [6, 6.07) is 5.38. The Morgan fingerprint density at radius 2 is 1.57 bits per heavy atom. The molecule has 0 saturated heterocycles. The van der Waals surface area contributed by atoms with Crippen LogP contribution in [-0.4, -0.2) is 71.3 Å². The third-order valence-electron chi connectivity index (χ3n) is 5.25. The van der Waals surface area contributed by atoms with Gasteiger partial charge in [0.1, 0.15) is 38.4 Å². The molecule has 0 saturated carbocycles. The average molecular weight is 672 g/mol. The fraction of sp³-hybridized carbons (Fsp3) is 0.200. The van der Waals surface area contributed by atoms with Gasteiger partial charge in [0, 0.05) is 22.4 Å². The molecule has 3 aromatic carbocycles. The van der Waals surface area contributed by atoms with Gasteiger partial charge in [0.25, 0.3) is 10.1 Å². The van der Waals surface area contributed by atoms with E-state index < -0.39 is 69.6 Å². The highest BCUT2D eigenvalue weighted by Gasteiger charge is 2.26. The van der Waals surface area contributed by atoms with Crippen LogP contribution >= 0.6 is 12.0 Å². The summed E-state index contributed by atoms with van der Waals surface area (Å²) in [5.74, 6) is -1.90. The number of sulfone groups is 1. The van der Waals surface area contributed by atoms with Crippen LogP contribution < -0.4 is 15.2 Å². The Bertz CT molecular complexity index is 1860. The number of nitrogens with zero attached hydrogens (tertiary/aromatic N) is 2. The first-order chi connectivity index (χ1) is 19.5. The number of benzene rings is 3. The summed E-state index contributed by atoms with van der Waals surface area (Å²) >= 11 is 0.456. The molecule has 3 aromatic rings. The van der Waals surface area contributed by atoms with Gasteiger partial charge < -0.3 is 20.3 Å². The molecule has 6 N–H and O–H groups in total. The van der Waals surface area contributed by atoms with Gasteiger partial charge in [0.2, 0.25) is 0 Å². The van der Waals surface area contributed by atoms with Gasteiger partial charge in [-0.05, 0) is 23.6 Å². The van der Waals surface area contributed by atoms with Gasteiger partial charge >= 0.3 is 10.4 Å². The monoisotopic (exact) mass is 671 g/mol. The van der Waals surface area contributed by atoms with Crippen molar-refractivity contribution < 1.29 is 67.8 Å². The molecule has 42 heavy (non-hydrogen) atoms. The van der Waals surface area contributed by atoms with E-state index in [-0.39, 0.29) is 32.9 Å². The molecule has 0 spiro atoms. The van der Waals surface area contributed by atoms with E-state index in [0.717, 1.165) is 38.5 Å². The lowest BCUT2D eigenvalue weighted by molar-refractivity contribution is -0.432. The summed E-state index contributed by atoms with van der Waals surface area (Å²) in [6.07, 6.45) is 0. The number of nitrogen functional groups attached to an aromatic ring is 1. The Morgan fingerprint density at radius 3 is 2.14 bits per heavy atom. The molecule has 22 heteroatoms. The van der Waals surface area contributed by atoms with Gasteiger partial charge in [0.05, 0.1) is 44.3 Å². The second-order valence-electron chi connectivity index (χ2n) is 7.82. The molecule has 0 fully saturated rings. The predicted molar refractivity (Wildman–Crippen MR) is 144 cm³/mol. The third kappa shape index (κ3) is 7.74. The summed E-state index contributed by atoms with van der Waals surface area (Å²) in [5.41, 5.74) is 4.88. The van der Waals surface area contributed by atoms with Crippen molar-refractivity contribution in [2.75, 3.05) is 32.3 Å². The van der Waals surface area contributed by atoms with Crippen molar-refractivity contribution in [1.29, 1.82) is 0 Å². The largest absolute Gasteiger partial charge is 0.507 e. The molecule has 0 heterocycles. The van der Waals surface area contributed by atoms with Crippen molar-refractivity contribution >= 4 is 70.2 Å². The zero-order valence-corrected chi connectivity index (χ0v) is 24.5. The minimum absolute atomic E-state index is 0.00917. The van der Waals surface area contributed by atoms with Crippen molar-refractivity contribution in [1.82, 2.24) is 0 Å². The molecule has 3 rings (SSSR count). The lowest BCUT2D eigenvalue weighted by Crippen LogP contribution is -2.16. The predicted octanol–water partition coefficient (Wildman–Crippen LogP) is 2.83. The SMILES string of the molecule is COc1cc(S(=O)(=O)CCOS(=O)(=O)O)c(OC)cc1N=Nc1c(S(=O)(=O)O)cc2cc(SOOO)cc(O)c2c1N. The number of ether oxygens (including phenoxy) is 2. The Labute approximate surface area is 242 Å². The minimum Gasteiger partial charge on any atom is -0.507 e.